The van der Waals surface area contributed by atoms with Crippen molar-refractivity contribution in [2.24, 2.45) is 0 Å². The molecule has 0 fully saturated rings. The van der Waals surface area contributed by atoms with E-state index in [2.05, 4.69) is 10.6 Å². The topological polar surface area (TPSA) is 103 Å². The van der Waals surface area contributed by atoms with Crippen molar-refractivity contribution in [3.05, 3.63) is 22.2 Å². The van der Waals surface area contributed by atoms with Gasteiger partial charge in [-0.05, 0) is 19.9 Å². The molecule has 2 N–H and O–H groups in total. The normalized spacial score (nSPS) is 14.0. The number of hydrogen-bond donors (Lipinski definition) is 2. The molecule has 1 aromatic rings. The molecule has 0 saturated heterocycles. The molecule has 0 aromatic heterocycles. The minimum Gasteiger partial charge on any atom is -0.481 e. The summed E-state index contributed by atoms with van der Waals surface area (Å²) in [5.74, 6) is -0.00243. The van der Waals surface area contributed by atoms with E-state index in [1.165, 1.54) is 12.1 Å². The van der Waals surface area contributed by atoms with Crippen molar-refractivity contribution < 1.29 is 19.2 Å². The molecule has 21 heavy (non-hydrogen) atoms. The van der Waals surface area contributed by atoms with Crippen LogP contribution in [0.15, 0.2) is 12.1 Å². The molecule has 0 atom stereocenters. The lowest BCUT2D eigenvalue weighted by molar-refractivity contribution is -0.384. The van der Waals surface area contributed by atoms with Crippen LogP contribution in [0.2, 0.25) is 0 Å². The summed E-state index contributed by atoms with van der Waals surface area (Å²) in [6.07, 6.45) is 0. The summed E-state index contributed by atoms with van der Waals surface area (Å²) < 4.78 is 10.4. The third-order valence-corrected chi connectivity index (χ3v) is 3.18. The zero-order valence-corrected chi connectivity index (χ0v) is 12.1. The summed E-state index contributed by atoms with van der Waals surface area (Å²) in [4.78, 5) is 22.0. The van der Waals surface area contributed by atoms with Crippen LogP contribution in [0.3, 0.4) is 0 Å². The molecule has 0 saturated carbocycles. The maximum Gasteiger partial charge on any atom is 0.296 e. The molecule has 8 heteroatoms. The Balaban J connectivity index is 2.32. The molecule has 8 nitrogen and oxygen atoms in total. The second-order valence-corrected chi connectivity index (χ2v) is 5.28. The van der Waals surface area contributed by atoms with Crippen LogP contribution in [0, 0.1) is 10.1 Å². The number of carbonyl (C=O) groups excluding carboxylic acids is 1. The van der Waals surface area contributed by atoms with Crippen LogP contribution >= 0.6 is 0 Å². The maximum atomic E-state index is 11.3. The van der Waals surface area contributed by atoms with Gasteiger partial charge in [0, 0.05) is 13.7 Å². The number of nitrogens with one attached hydrogen (secondary N) is 2. The highest BCUT2D eigenvalue weighted by molar-refractivity contribution is 5.96. The molecule has 1 aliphatic heterocycles. The number of methoxy groups -OCH3 is 1. The monoisotopic (exact) mass is 295 g/mol. The Labute approximate surface area is 121 Å². The predicted octanol–water partition coefficient (Wildman–Crippen LogP) is 1.76. The molecule has 1 amide bonds. The van der Waals surface area contributed by atoms with Gasteiger partial charge in [0.1, 0.15) is 5.69 Å². The second kappa shape index (κ2) is 5.57. The molecule has 0 radical (unpaired) electrons. The van der Waals surface area contributed by atoms with Crippen LogP contribution in [0.25, 0.3) is 0 Å². The highest BCUT2D eigenvalue weighted by Gasteiger charge is 2.25. The summed E-state index contributed by atoms with van der Waals surface area (Å²) in [7, 11) is 1.57. The SMILES string of the molecule is COC(C)(C)CNc1cc2c(cc1[N+](=O)[O-])OCC(=O)N2. The molecule has 114 valence electrons. The van der Waals surface area contributed by atoms with Gasteiger partial charge in [0.05, 0.1) is 22.3 Å². The number of nitro benzene ring substituents is 1. The van der Waals surface area contributed by atoms with Crippen molar-refractivity contribution >= 4 is 23.0 Å². The molecule has 1 aromatic carbocycles. The lowest BCUT2D eigenvalue weighted by Gasteiger charge is -2.24. The average Bonchev–Trinajstić information content (AvgIpc) is 2.44. The van der Waals surface area contributed by atoms with Crippen LogP contribution in [-0.2, 0) is 9.53 Å². The van der Waals surface area contributed by atoms with Gasteiger partial charge in [0.15, 0.2) is 12.4 Å². The van der Waals surface area contributed by atoms with E-state index in [0.29, 0.717) is 17.9 Å². The number of rotatable bonds is 5. The molecule has 0 aliphatic carbocycles. The maximum absolute atomic E-state index is 11.3. The van der Waals surface area contributed by atoms with Gasteiger partial charge in [-0.15, -0.1) is 0 Å². The summed E-state index contributed by atoms with van der Waals surface area (Å²) in [5.41, 5.74) is 0.116. The van der Waals surface area contributed by atoms with Crippen molar-refractivity contribution in [1.29, 1.82) is 0 Å². The molecule has 0 unspecified atom stereocenters. The zero-order valence-electron chi connectivity index (χ0n) is 12.1. The lowest BCUT2D eigenvalue weighted by Crippen LogP contribution is -2.32. The van der Waals surface area contributed by atoms with Gasteiger partial charge in [-0.1, -0.05) is 0 Å². The standard InChI is InChI=1S/C13H17N3O5/c1-13(2,20-3)7-14-8-4-9-11(5-10(8)16(18)19)21-6-12(17)15-9/h4-5,14H,6-7H2,1-3H3,(H,15,17). The summed E-state index contributed by atoms with van der Waals surface area (Å²) in [6.45, 7) is 3.94. The van der Waals surface area contributed by atoms with E-state index < -0.39 is 10.5 Å². The Hall–Kier alpha value is -2.35. The Bertz CT molecular complexity index is 585. The number of hydrogen-bond acceptors (Lipinski definition) is 6. The van der Waals surface area contributed by atoms with Crippen molar-refractivity contribution in [1.82, 2.24) is 0 Å². The van der Waals surface area contributed by atoms with Crippen molar-refractivity contribution in [3.8, 4) is 5.75 Å². The number of nitro groups is 1. The van der Waals surface area contributed by atoms with E-state index in [1.54, 1.807) is 7.11 Å². The van der Waals surface area contributed by atoms with Crippen molar-refractivity contribution in [2.45, 2.75) is 19.4 Å². The van der Waals surface area contributed by atoms with Gasteiger partial charge in [-0.25, -0.2) is 0 Å². The zero-order chi connectivity index (χ0) is 15.6. The highest BCUT2D eigenvalue weighted by atomic mass is 16.6. The third-order valence-electron chi connectivity index (χ3n) is 3.18. The smallest absolute Gasteiger partial charge is 0.296 e. The van der Waals surface area contributed by atoms with E-state index >= 15 is 0 Å². The summed E-state index contributed by atoms with van der Waals surface area (Å²) >= 11 is 0. The van der Waals surface area contributed by atoms with Gasteiger partial charge < -0.3 is 20.1 Å². The van der Waals surface area contributed by atoms with E-state index in [9.17, 15) is 14.9 Å². The number of carbonyl (C=O) groups is 1. The van der Waals surface area contributed by atoms with Gasteiger partial charge in [-0.2, -0.15) is 0 Å². The minimum absolute atomic E-state index is 0.114. The Morgan fingerprint density at radius 1 is 1.52 bits per heavy atom. The predicted molar refractivity (Wildman–Crippen MR) is 76.8 cm³/mol. The van der Waals surface area contributed by atoms with Gasteiger partial charge in [0.25, 0.3) is 11.6 Å². The van der Waals surface area contributed by atoms with Crippen molar-refractivity contribution in [3.63, 3.8) is 0 Å². The Morgan fingerprint density at radius 3 is 2.86 bits per heavy atom. The van der Waals surface area contributed by atoms with E-state index in [4.69, 9.17) is 9.47 Å². The largest absolute Gasteiger partial charge is 0.481 e. The molecular weight excluding hydrogens is 278 g/mol. The molecule has 0 spiro atoms. The molecular formula is C13H17N3O5. The summed E-state index contributed by atoms with van der Waals surface area (Å²) in [5, 5.41) is 16.8. The van der Waals surface area contributed by atoms with Gasteiger partial charge >= 0.3 is 0 Å². The Kier molecular flexibility index (Phi) is 3.99. The number of fused-ring (bicyclic) bond motifs is 1. The third kappa shape index (κ3) is 3.40. The van der Waals surface area contributed by atoms with Crippen molar-refractivity contribution in [2.75, 3.05) is 30.9 Å². The highest BCUT2D eigenvalue weighted by Crippen LogP contribution is 2.37. The van der Waals surface area contributed by atoms with E-state index in [-0.39, 0.29) is 24.0 Å². The van der Waals surface area contributed by atoms with Gasteiger partial charge in [0.2, 0.25) is 0 Å². The van der Waals surface area contributed by atoms with Crippen LogP contribution < -0.4 is 15.4 Å². The molecule has 1 aliphatic rings. The van der Waals surface area contributed by atoms with Crippen LogP contribution in [-0.4, -0.2) is 36.7 Å². The fourth-order valence-corrected chi connectivity index (χ4v) is 1.79. The number of amides is 1. The number of ether oxygens (including phenoxy) is 2. The first-order valence-electron chi connectivity index (χ1n) is 6.36. The fourth-order valence-electron chi connectivity index (χ4n) is 1.79. The average molecular weight is 295 g/mol. The fraction of sp³-hybridized carbons (Fsp3) is 0.462. The van der Waals surface area contributed by atoms with E-state index in [0.717, 1.165) is 0 Å². The molecule has 2 rings (SSSR count). The Morgan fingerprint density at radius 2 is 2.24 bits per heavy atom. The quantitative estimate of drug-likeness (QED) is 0.634. The van der Waals surface area contributed by atoms with Crippen LogP contribution in [0.5, 0.6) is 5.75 Å². The van der Waals surface area contributed by atoms with Crippen LogP contribution in [0.1, 0.15) is 13.8 Å². The van der Waals surface area contributed by atoms with Gasteiger partial charge in [-0.3, -0.25) is 14.9 Å². The number of benzene rings is 1. The first-order valence-corrected chi connectivity index (χ1v) is 6.36. The number of anilines is 2. The minimum atomic E-state index is -0.498. The van der Waals surface area contributed by atoms with E-state index in [1.807, 2.05) is 13.8 Å². The van der Waals surface area contributed by atoms with Crippen LogP contribution in [0.4, 0.5) is 17.1 Å². The lowest BCUT2D eigenvalue weighted by atomic mass is 10.1. The molecule has 1 heterocycles. The summed E-state index contributed by atoms with van der Waals surface area (Å²) in [6, 6.07) is 2.80. The first-order chi connectivity index (χ1) is 9.82. The number of nitrogens with zero attached hydrogens (tertiary/aromatic N) is 1. The second-order valence-electron chi connectivity index (χ2n) is 5.28. The molecule has 0 bridgehead atoms. The first kappa shape index (κ1) is 15.0.